The molecule has 248 valence electrons. The molecule has 1 aliphatic carbocycles. The van der Waals surface area contributed by atoms with Crippen LogP contribution in [0.5, 0.6) is 11.8 Å². The van der Waals surface area contributed by atoms with E-state index in [0.717, 1.165) is 57.0 Å². The number of benzene rings is 2. The fourth-order valence-corrected chi connectivity index (χ4v) is 7.90. The van der Waals surface area contributed by atoms with Gasteiger partial charge in [0.1, 0.15) is 28.2 Å². The maximum atomic E-state index is 17.2. The van der Waals surface area contributed by atoms with E-state index in [0.29, 0.717) is 43.9 Å². The van der Waals surface area contributed by atoms with Crippen LogP contribution >= 0.6 is 22.9 Å². The Morgan fingerprint density at radius 1 is 1.21 bits per heavy atom. The van der Waals surface area contributed by atoms with Gasteiger partial charge in [-0.1, -0.05) is 17.7 Å². The number of nitrogens with one attached hydrogen (secondary N) is 1. The molecule has 0 radical (unpaired) electrons. The number of anilines is 2. The average molecular weight is 684 g/mol. The zero-order chi connectivity index (χ0) is 32.9. The third kappa shape index (κ3) is 5.80. The molecule has 1 saturated heterocycles. The first kappa shape index (κ1) is 32.0. The number of aromatic nitrogens is 2. The summed E-state index contributed by atoms with van der Waals surface area (Å²) in [5.74, 6) is -0.616. The molecule has 10 nitrogen and oxygen atoms in total. The summed E-state index contributed by atoms with van der Waals surface area (Å²) < 4.78 is 50.4. The molecule has 3 aliphatic rings. The van der Waals surface area contributed by atoms with Gasteiger partial charge in [0, 0.05) is 61.6 Å². The second kappa shape index (κ2) is 12.8. The van der Waals surface area contributed by atoms with E-state index in [4.69, 9.17) is 36.5 Å². The highest BCUT2D eigenvalue weighted by molar-refractivity contribution is 7.23. The van der Waals surface area contributed by atoms with Crippen molar-refractivity contribution in [1.29, 1.82) is 5.26 Å². The zero-order valence-electron chi connectivity index (χ0n) is 26.3. The molecule has 1 saturated carbocycles. The van der Waals surface area contributed by atoms with Gasteiger partial charge < -0.3 is 30.2 Å². The van der Waals surface area contributed by atoms with Gasteiger partial charge in [-0.05, 0) is 38.4 Å². The number of nitrogen functional groups attached to an aromatic ring is 1. The van der Waals surface area contributed by atoms with Crippen LogP contribution in [0.3, 0.4) is 0 Å². The van der Waals surface area contributed by atoms with Crippen molar-refractivity contribution < 1.29 is 23.0 Å². The van der Waals surface area contributed by atoms with Gasteiger partial charge in [-0.3, -0.25) is 4.90 Å². The van der Waals surface area contributed by atoms with Crippen LogP contribution in [0.4, 0.5) is 19.6 Å². The van der Waals surface area contributed by atoms with Crippen LogP contribution in [0.15, 0.2) is 12.1 Å². The van der Waals surface area contributed by atoms with E-state index in [9.17, 15) is 9.65 Å². The predicted octanol–water partition coefficient (Wildman–Crippen LogP) is 5.58. The third-order valence-corrected chi connectivity index (χ3v) is 10.8. The Morgan fingerprint density at radius 2 is 2.00 bits per heavy atom. The fraction of sp³-hybridized carbons (Fsp3) is 0.485. The molecular weight excluding hydrogens is 648 g/mol. The number of hydrogen-bond donors (Lipinski definition) is 2. The van der Waals surface area contributed by atoms with E-state index in [1.807, 2.05) is 7.05 Å². The first-order valence-electron chi connectivity index (χ1n) is 15.9. The SMILES string of the molecule is CNCCN1c2nc(OCC3(CN4CCOCC4)CC3)nc3c(F)c(-c4ccc(F)c5sc(N)c(C#N)c45)c(Cl)c(c23)OCC[C@H]1C. The van der Waals surface area contributed by atoms with Gasteiger partial charge in [-0.15, -0.1) is 11.3 Å². The number of hydrogen-bond acceptors (Lipinski definition) is 11. The zero-order valence-corrected chi connectivity index (χ0v) is 27.9. The molecule has 2 fully saturated rings. The Bertz CT molecular complexity index is 1890. The Hall–Kier alpha value is -3.54. The highest BCUT2D eigenvalue weighted by Crippen LogP contribution is 2.51. The van der Waals surface area contributed by atoms with Gasteiger partial charge >= 0.3 is 6.01 Å². The summed E-state index contributed by atoms with van der Waals surface area (Å²) in [5.41, 5.74) is 6.30. The number of morpholine rings is 1. The van der Waals surface area contributed by atoms with Crippen LogP contribution in [-0.4, -0.2) is 87.1 Å². The minimum atomic E-state index is -0.747. The summed E-state index contributed by atoms with van der Waals surface area (Å²) in [7, 11) is 1.87. The monoisotopic (exact) mass is 683 g/mol. The molecule has 2 aromatic heterocycles. The molecule has 0 spiro atoms. The molecule has 0 unspecified atom stereocenters. The molecule has 2 aromatic carbocycles. The summed E-state index contributed by atoms with van der Waals surface area (Å²) >= 11 is 7.99. The number of fused-ring (bicyclic) bond motifs is 1. The smallest absolute Gasteiger partial charge is 0.319 e. The highest BCUT2D eigenvalue weighted by atomic mass is 35.5. The van der Waals surface area contributed by atoms with E-state index >= 15 is 4.39 Å². The topological polar surface area (TPSA) is 122 Å². The van der Waals surface area contributed by atoms with E-state index in [-0.39, 0.29) is 65.5 Å². The number of nitriles is 1. The summed E-state index contributed by atoms with van der Waals surface area (Å²) in [6, 6.07) is 4.76. The number of halogens is 3. The van der Waals surface area contributed by atoms with Crippen LogP contribution in [0.2, 0.25) is 5.02 Å². The van der Waals surface area contributed by atoms with E-state index in [1.165, 1.54) is 12.1 Å². The molecule has 0 amide bonds. The van der Waals surface area contributed by atoms with Crippen LogP contribution < -0.4 is 25.4 Å². The summed E-state index contributed by atoms with van der Waals surface area (Å²) in [6.07, 6.45) is 2.69. The van der Waals surface area contributed by atoms with Gasteiger partial charge in [0.05, 0.1) is 47.1 Å². The normalized spacial score (nSPS) is 19.3. The number of nitrogens with zero attached hydrogens (tertiary/aromatic N) is 5. The maximum Gasteiger partial charge on any atom is 0.319 e. The number of likely N-dealkylation sites (N-methyl/N-ethyl adjacent to an activating group) is 1. The van der Waals surface area contributed by atoms with Crippen LogP contribution in [0.1, 0.15) is 31.7 Å². The largest absolute Gasteiger partial charge is 0.491 e. The van der Waals surface area contributed by atoms with Crippen molar-refractivity contribution >= 4 is 54.7 Å². The van der Waals surface area contributed by atoms with Crippen LogP contribution in [0.25, 0.3) is 32.1 Å². The summed E-state index contributed by atoms with van der Waals surface area (Å²) in [4.78, 5) is 14.1. The van der Waals surface area contributed by atoms with Crippen molar-refractivity contribution in [2.24, 2.45) is 5.41 Å². The molecule has 47 heavy (non-hydrogen) atoms. The van der Waals surface area contributed by atoms with Crippen molar-refractivity contribution in [1.82, 2.24) is 20.2 Å². The summed E-state index contributed by atoms with van der Waals surface area (Å²) in [6.45, 7) is 8.12. The number of ether oxygens (including phenoxy) is 3. The molecule has 2 aliphatic heterocycles. The molecule has 1 atom stereocenters. The Kier molecular flexibility index (Phi) is 8.73. The minimum absolute atomic E-state index is 0.00347. The fourth-order valence-electron chi connectivity index (χ4n) is 6.62. The van der Waals surface area contributed by atoms with E-state index in [1.54, 1.807) is 0 Å². The first-order chi connectivity index (χ1) is 22.7. The molecule has 4 aromatic rings. The van der Waals surface area contributed by atoms with Crippen LogP contribution in [-0.2, 0) is 4.74 Å². The third-order valence-electron chi connectivity index (χ3n) is 9.46. The Labute approximate surface area is 280 Å². The second-order valence-corrected chi connectivity index (χ2v) is 14.0. The van der Waals surface area contributed by atoms with E-state index in [2.05, 4.69) is 33.1 Å². The number of rotatable bonds is 9. The average Bonchev–Trinajstić information content (AvgIpc) is 3.74. The number of nitrogens with two attached hydrogens (primary N) is 1. The lowest BCUT2D eigenvalue weighted by molar-refractivity contribution is 0.0231. The molecule has 3 N–H and O–H groups in total. The molecule has 14 heteroatoms. The quantitative estimate of drug-likeness (QED) is 0.231. The Morgan fingerprint density at radius 3 is 2.72 bits per heavy atom. The van der Waals surface area contributed by atoms with Gasteiger partial charge in [0.15, 0.2) is 11.6 Å². The minimum Gasteiger partial charge on any atom is -0.491 e. The van der Waals surface area contributed by atoms with Crippen molar-refractivity contribution in [3.05, 3.63) is 34.4 Å². The van der Waals surface area contributed by atoms with Gasteiger partial charge in [0.2, 0.25) is 0 Å². The molecular formula is C33H36ClF2N7O3S. The predicted molar refractivity (Wildman–Crippen MR) is 180 cm³/mol. The molecule has 4 heterocycles. The maximum absolute atomic E-state index is 17.2. The van der Waals surface area contributed by atoms with Crippen LogP contribution in [0, 0.1) is 28.4 Å². The van der Waals surface area contributed by atoms with Crippen molar-refractivity contribution in [2.75, 3.05) is 76.8 Å². The van der Waals surface area contributed by atoms with Crippen molar-refractivity contribution in [2.45, 2.75) is 32.2 Å². The second-order valence-electron chi connectivity index (χ2n) is 12.6. The lowest BCUT2D eigenvalue weighted by atomic mass is 9.96. The highest BCUT2D eigenvalue weighted by Gasteiger charge is 2.45. The van der Waals surface area contributed by atoms with Gasteiger partial charge in [-0.25, -0.2) is 8.78 Å². The van der Waals surface area contributed by atoms with E-state index < -0.39 is 11.6 Å². The first-order valence-corrected chi connectivity index (χ1v) is 17.1. The van der Waals surface area contributed by atoms with Gasteiger partial charge in [-0.2, -0.15) is 15.2 Å². The lowest BCUT2D eigenvalue weighted by Crippen LogP contribution is -2.41. The summed E-state index contributed by atoms with van der Waals surface area (Å²) in [5, 5.41) is 13.8. The molecule has 0 bridgehead atoms. The number of thiophene rings is 1. The van der Waals surface area contributed by atoms with Gasteiger partial charge in [0.25, 0.3) is 0 Å². The Balaban J connectivity index is 1.40. The van der Waals surface area contributed by atoms with Crippen molar-refractivity contribution in [3.8, 4) is 29.0 Å². The standard InChI is InChI=1S/C33H36ClF2N7O3S/c1-18-5-12-45-28-24-27(26(36)23(25(28)34)19-3-4-21(35)29-22(19)20(15-37)30(38)47-29)40-32(41-31(24)43(18)9-8-39-2)46-17-33(6-7-33)16-42-10-13-44-14-11-42/h3-4,18,39H,5-14,16-17,38H2,1-2H3/t18-/m1/s1. The van der Waals surface area contributed by atoms with Crippen molar-refractivity contribution in [3.63, 3.8) is 0 Å². The molecule has 7 rings (SSSR count). The lowest BCUT2D eigenvalue weighted by Gasteiger charge is -2.34.